The quantitative estimate of drug-likeness (QED) is 0.0373. The number of carbonyl (C=O) groups excluding carboxylic acids is 7. The first-order chi connectivity index (χ1) is 26.4. The number of hydrogen-bond acceptors (Lipinski definition) is 11. The zero-order valence-corrected chi connectivity index (χ0v) is 31.0. The van der Waals surface area contributed by atoms with Gasteiger partial charge in [0.05, 0.1) is 38.8 Å². The van der Waals surface area contributed by atoms with Gasteiger partial charge < -0.3 is 57.6 Å². The van der Waals surface area contributed by atoms with Gasteiger partial charge in [-0.05, 0) is 44.4 Å². The summed E-state index contributed by atoms with van der Waals surface area (Å²) in [6.07, 6.45) is 0.777. The van der Waals surface area contributed by atoms with Gasteiger partial charge in [0, 0.05) is 13.0 Å². The van der Waals surface area contributed by atoms with E-state index in [0.717, 1.165) is 5.56 Å². The van der Waals surface area contributed by atoms with Crippen LogP contribution in [0.25, 0.3) is 0 Å². The molecule has 5 atom stereocenters. The summed E-state index contributed by atoms with van der Waals surface area (Å²) >= 11 is 0. The standard InChI is InChI=1S/C37H52N8O10/c1-24(39-2)33(49)43-27(37(53)54)15-9-10-16-40-31(47)20-29(42-32(48)21-38)35(51)45-30(23-55-22-26-13-7-4-8-14-26)36(52)44-28(34(50)41-17-18-46)19-25-11-5-3-6-12-25/h3-8,11-14,18,24,27-30,39H,9-10,15-17,19-23,38H2,1-2H3,(H,40,47)(H,41,50)(H,42,48)(H,43,49)(H,44,52)(H,45,51)(H,53,54)/t24-,27?,28?,29?,30-/m0/s1. The van der Waals surface area contributed by atoms with E-state index in [9.17, 15) is 43.5 Å². The number of ether oxygens (including phenoxy) is 1. The molecule has 10 N–H and O–H groups in total. The Morgan fingerprint density at radius 3 is 1.93 bits per heavy atom. The van der Waals surface area contributed by atoms with E-state index in [1.807, 2.05) is 6.07 Å². The number of carbonyl (C=O) groups is 8. The van der Waals surface area contributed by atoms with E-state index in [1.54, 1.807) is 68.6 Å². The Labute approximate surface area is 319 Å². The molecule has 6 amide bonds. The van der Waals surface area contributed by atoms with Crippen molar-refractivity contribution in [3.63, 3.8) is 0 Å². The van der Waals surface area contributed by atoms with E-state index in [4.69, 9.17) is 10.5 Å². The number of amides is 6. The van der Waals surface area contributed by atoms with E-state index in [-0.39, 0.29) is 39.1 Å². The number of carboxylic acid groups (broad SMARTS) is 1. The fourth-order valence-electron chi connectivity index (χ4n) is 5.03. The number of rotatable bonds is 26. The molecule has 0 saturated carbocycles. The van der Waals surface area contributed by atoms with Crippen LogP contribution in [0.15, 0.2) is 60.7 Å². The number of nitrogens with two attached hydrogens (primary N) is 1. The van der Waals surface area contributed by atoms with E-state index in [1.165, 1.54) is 0 Å². The zero-order valence-electron chi connectivity index (χ0n) is 31.0. The van der Waals surface area contributed by atoms with Crippen LogP contribution in [-0.4, -0.2) is 116 Å². The van der Waals surface area contributed by atoms with Gasteiger partial charge in [-0.25, -0.2) is 4.79 Å². The molecule has 0 aliphatic heterocycles. The fraction of sp³-hybridized carbons (Fsp3) is 0.459. The highest BCUT2D eigenvalue weighted by molar-refractivity contribution is 5.96. The maximum Gasteiger partial charge on any atom is 0.326 e. The smallest absolute Gasteiger partial charge is 0.326 e. The van der Waals surface area contributed by atoms with Crippen LogP contribution < -0.4 is 43.0 Å². The third kappa shape index (κ3) is 17.8. The minimum atomic E-state index is -1.47. The third-order valence-corrected chi connectivity index (χ3v) is 8.21. The SMILES string of the molecule is CN[C@@H](C)C(=O)NC(CCCCNC(=O)CC(NC(=O)CN)C(=O)N[C@@H](COCc1ccccc1)C(=O)NC(Cc1ccccc1)C(=O)NCC=O)C(=O)O. The van der Waals surface area contributed by atoms with Crippen LogP contribution in [-0.2, 0) is 56.1 Å². The lowest BCUT2D eigenvalue weighted by Crippen LogP contribution is -2.59. The summed E-state index contributed by atoms with van der Waals surface area (Å²) in [4.78, 5) is 100. The number of aldehydes is 1. The highest BCUT2D eigenvalue weighted by Gasteiger charge is 2.31. The Morgan fingerprint density at radius 1 is 0.727 bits per heavy atom. The first-order valence-corrected chi connectivity index (χ1v) is 17.8. The van der Waals surface area contributed by atoms with Crippen molar-refractivity contribution in [2.75, 3.05) is 33.3 Å². The molecule has 0 aromatic heterocycles. The minimum Gasteiger partial charge on any atom is -0.480 e. The van der Waals surface area contributed by atoms with Gasteiger partial charge in [0.1, 0.15) is 30.5 Å². The Balaban J connectivity index is 2.14. The van der Waals surface area contributed by atoms with Gasteiger partial charge in [-0.3, -0.25) is 28.8 Å². The number of nitrogens with one attached hydrogen (secondary N) is 7. The second-order valence-corrected chi connectivity index (χ2v) is 12.5. The van der Waals surface area contributed by atoms with Crippen LogP contribution in [0.2, 0.25) is 0 Å². The van der Waals surface area contributed by atoms with Crippen molar-refractivity contribution in [2.45, 2.75) is 75.8 Å². The molecule has 0 saturated heterocycles. The largest absolute Gasteiger partial charge is 0.480 e. The van der Waals surface area contributed by atoms with Crippen LogP contribution >= 0.6 is 0 Å². The van der Waals surface area contributed by atoms with Gasteiger partial charge in [-0.15, -0.1) is 0 Å². The van der Waals surface area contributed by atoms with Gasteiger partial charge in [0.15, 0.2) is 0 Å². The van der Waals surface area contributed by atoms with Gasteiger partial charge in [0.25, 0.3) is 0 Å². The number of likely N-dealkylation sites (N-methyl/N-ethyl adjacent to an activating group) is 1. The lowest BCUT2D eigenvalue weighted by atomic mass is 10.0. The molecule has 0 spiro atoms. The Hall–Kier alpha value is -5.72. The zero-order chi connectivity index (χ0) is 40.6. The molecule has 18 nitrogen and oxygen atoms in total. The summed E-state index contributed by atoms with van der Waals surface area (Å²) in [7, 11) is 1.57. The topological polar surface area (TPSA) is 276 Å². The number of aliphatic carboxylic acids is 1. The van der Waals surface area contributed by atoms with E-state index in [0.29, 0.717) is 24.7 Å². The maximum atomic E-state index is 13.7. The fourth-order valence-corrected chi connectivity index (χ4v) is 5.03. The van der Waals surface area contributed by atoms with Gasteiger partial charge >= 0.3 is 5.97 Å². The van der Waals surface area contributed by atoms with Crippen LogP contribution in [0.4, 0.5) is 0 Å². The van der Waals surface area contributed by atoms with Crippen LogP contribution in [0.5, 0.6) is 0 Å². The number of carboxylic acids is 1. The summed E-state index contributed by atoms with van der Waals surface area (Å²) in [5, 5.41) is 27.2. The van der Waals surface area contributed by atoms with Crippen LogP contribution in [0.3, 0.4) is 0 Å². The molecule has 0 aliphatic rings. The van der Waals surface area contributed by atoms with E-state index < -0.39 is 84.6 Å². The number of unbranched alkanes of at least 4 members (excludes halogenated alkanes) is 1. The van der Waals surface area contributed by atoms with Crippen molar-refractivity contribution >= 4 is 47.7 Å². The molecule has 0 fully saturated rings. The molecule has 2 rings (SSSR count). The summed E-state index contributed by atoms with van der Waals surface area (Å²) in [5.41, 5.74) is 6.94. The molecule has 0 bridgehead atoms. The second-order valence-electron chi connectivity index (χ2n) is 12.5. The monoisotopic (exact) mass is 768 g/mol. The molecule has 18 heteroatoms. The molecule has 3 unspecified atom stereocenters. The van der Waals surface area contributed by atoms with Gasteiger partial charge in [-0.1, -0.05) is 60.7 Å². The normalized spacial score (nSPS) is 13.4. The Kier molecular flexibility index (Phi) is 20.9. The van der Waals surface area contributed by atoms with Crippen molar-refractivity contribution in [1.29, 1.82) is 0 Å². The van der Waals surface area contributed by atoms with Crippen molar-refractivity contribution in [2.24, 2.45) is 5.73 Å². The molecule has 0 heterocycles. The highest BCUT2D eigenvalue weighted by Crippen LogP contribution is 2.07. The molecule has 0 aliphatic carbocycles. The molecule has 55 heavy (non-hydrogen) atoms. The molecule has 0 radical (unpaired) electrons. The van der Waals surface area contributed by atoms with Crippen LogP contribution in [0.1, 0.15) is 43.7 Å². The van der Waals surface area contributed by atoms with Gasteiger partial charge in [-0.2, -0.15) is 0 Å². The molecule has 2 aromatic rings. The Bertz CT molecular complexity index is 1560. The maximum absolute atomic E-state index is 13.7. The lowest BCUT2D eigenvalue weighted by Gasteiger charge is -2.25. The highest BCUT2D eigenvalue weighted by atomic mass is 16.5. The van der Waals surface area contributed by atoms with Gasteiger partial charge in [0.2, 0.25) is 35.4 Å². The van der Waals surface area contributed by atoms with Crippen molar-refractivity contribution < 1.29 is 48.2 Å². The lowest BCUT2D eigenvalue weighted by molar-refractivity contribution is -0.142. The average Bonchev–Trinajstić information content (AvgIpc) is 3.18. The predicted octanol–water partition coefficient (Wildman–Crippen LogP) is -1.97. The first kappa shape index (κ1) is 45.4. The Morgan fingerprint density at radius 2 is 1.33 bits per heavy atom. The number of benzene rings is 2. The van der Waals surface area contributed by atoms with Crippen molar-refractivity contribution in [1.82, 2.24) is 37.2 Å². The summed E-state index contributed by atoms with van der Waals surface area (Å²) in [6.45, 7) is 0.597. The minimum absolute atomic E-state index is 0.0549. The van der Waals surface area contributed by atoms with Crippen molar-refractivity contribution in [3.8, 4) is 0 Å². The summed E-state index contributed by atoms with van der Waals surface area (Å²) < 4.78 is 5.77. The molecular weight excluding hydrogens is 716 g/mol. The third-order valence-electron chi connectivity index (χ3n) is 8.21. The second kappa shape index (κ2) is 25.3. The first-order valence-electron chi connectivity index (χ1n) is 17.8. The molecule has 2 aromatic carbocycles. The molecular formula is C37H52N8O10. The number of hydrogen-bond donors (Lipinski definition) is 9. The van der Waals surface area contributed by atoms with E-state index >= 15 is 0 Å². The summed E-state index contributed by atoms with van der Waals surface area (Å²) in [5.74, 6) is -5.43. The summed E-state index contributed by atoms with van der Waals surface area (Å²) in [6, 6.07) is 12.1. The van der Waals surface area contributed by atoms with E-state index in [2.05, 4.69) is 37.2 Å². The average molecular weight is 769 g/mol. The van der Waals surface area contributed by atoms with Crippen molar-refractivity contribution in [3.05, 3.63) is 71.8 Å². The molecule has 300 valence electrons. The van der Waals surface area contributed by atoms with Crippen LogP contribution in [0, 0.1) is 0 Å². The predicted molar refractivity (Wildman–Crippen MR) is 200 cm³/mol.